The number of aryl methyl sites for hydroxylation is 1. The Morgan fingerprint density at radius 3 is 2.77 bits per heavy atom. The van der Waals surface area contributed by atoms with Gasteiger partial charge >= 0.3 is 0 Å². The van der Waals surface area contributed by atoms with Gasteiger partial charge in [0.1, 0.15) is 0 Å². The van der Waals surface area contributed by atoms with E-state index in [0.29, 0.717) is 0 Å². The SMILES string of the molecule is CNSc1ccc(NC(=O)c2ccc3c(c2)CCCS3)cc1. The number of hydrogen-bond acceptors (Lipinski definition) is 4. The second kappa shape index (κ2) is 7.22. The summed E-state index contributed by atoms with van der Waals surface area (Å²) in [6, 6.07) is 13.8. The Balaban J connectivity index is 1.71. The Bertz CT molecular complexity index is 671. The molecular formula is C17H18N2OS2. The van der Waals surface area contributed by atoms with Crippen LogP contribution in [0.1, 0.15) is 22.3 Å². The van der Waals surface area contributed by atoms with Crippen molar-refractivity contribution >= 4 is 35.3 Å². The third-order valence-electron chi connectivity index (χ3n) is 3.50. The van der Waals surface area contributed by atoms with Gasteiger partial charge in [0.2, 0.25) is 0 Å². The molecule has 1 heterocycles. The molecule has 0 saturated carbocycles. The third kappa shape index (κ3) is 3.66. The van der Waals surface area contributed by atoms with Crippen LogP contribution in [0, 0.1) is 0 Å². The van der Waals surface area contributed by atoms with Crippen molar-refractivity contribution in [1.82, 2.24) is 4.72 Å². The number of anilines is 1. The Morgan fingerprint density at radius 2 is 2.00 bits per heavy atom. The van der Waals surface area contributed by atoms with Gasteiger partial charge in [-0.15, -0.1) is 11.8 Å². The molecule has 0 fully saturated rings. The number of carbonyl (C=O) groups is 1. The summed E-state index contributed by atoms with van der Waals surface area (Å²) in [5, 5.41) is 2.96. The predicted molar refractivity (Wildman–Crippen MR) is 94.8 cm³/mol. The maximum atomic E-state index is 12.4. The predicted octanol–water partition coefficient (Wildman–Crippen LogP) is 4.20. The molecule has 0 unspecified atom stereocenters. The summed E-state index contributed by atoms with van der Waals surface area (Å²) < 4.78 is 3.03. The van der Waals surface area contributed by atoms with E-state index in [4.69, 9.17) is 0 Å². The zero-order chi connectivity index (χ0) is 15.4. The minimum absolute atomic E-state index is 0.0487. The van der Waals surface area contributed by atoms with E-state index in [9.17, 15) is 4.79 Å². The van der Waals surface area contributed by atoms with E-state index < -0.39 is 0 Å². The lowest BCUT2D eigenvalue weighted by molar-refractivity contribution is 0.102. The highest BCUT2D eigenvalue weighted by atomic mass is 32.2. The van der Waals surface area contributed by atoms with Crippen molar-refractivity contribution in [3.63, 3.8) is 0 Å². The van der Waals surface area contributed by atoms with Gasteiger partial charge in [-0.1, -0.05) is 0 Å². The number of fused-ring (bicyclic) bond motifs is 1. The summed E-state index contributed by atoms with van der Waals surface area (Å²) in [5.41, 5.74) is 2.84. The fourth-order valence-corrected chi connectivity index (χ4v) is 3.96. The summed E-state index contributed by atoms with van der Waals surface area (Å²) >= 11 is 3.43. The zero-order valence-electron chi connectivity index (χ0n) is 12.4. The van der Waals surface area contributed by atoms with E-state index in [0.717, 1.165) is 22.6 Å². The van der Waals surface area contributed by atoms with E-state index in [1.54, 1.807) is 11.9 Å². The highest BCUT2D eigenvalue weighted by Crippen LogP contribution is 2.30. The van der Waals surface area contributed by atoms with Gasteiger partial charge in [-0.3, -0.25) is 9.52 Å². The Kier molecular flexibility index (Phi) is 5.08. The van der Waals surface area contributed by atoms with Crippen molar-refractivity contribution in [2.75, 3.05) is 18.1 Å². The molecule has 0 aliphatic carbocycles. The van der Waals surface area contributed by atoms with Crippen LogP contribution < -0.4 is 10.0 Å². The monoisotopic (exact) mass is 330 g/mol. The average Bonchev–Trinajstić information content (AvgIpc) is 2.56. The van der Waals surface area contributed by atoms with Gasteiger partial charge in [-0.25, -0.2) is 0 Å². The largest absolute Gasteiger partial charge is 0.322 e. The first-order chi connectivity index (χ1) is 10.8. The molecule has 5 heteroatoms. The van der Waals surface area contributed by atoms with E-state index in [-0.39, 0.29) is 5.91 Å². The topological polar surface area (TPSA) is 41.1 Å². The lowest BCUT2D eigenvalue weighted by Crippen LogP contribution is -2.13. The number of rotatable bonds is 4. The van der Waals surface area contributed by atoms with Crippen molar-refractivity contribution in [1.29, 1.82) is 0 Å². The summed E-state index contributed by atoms with van der Waals surface area (Å²) in [6.07, 6.45) is 2.26. The van der Waals surface area contributed by atoms with Crippen LogP contribution in [0.4, 0.5) is 5.69 Å². The molecule has 2 aromatic rings. The number of hydrogen-bond donors (Lipinski definition) is 2. The van der Waals surface area contributed by atoms with Crippen molar-refractivity contribution in [3.05, 3.63) is 53.6 Å². The second-order valence-corrected chi connectivity index (χ2v) is 7.28. The molecule has 114 valence electrons. The standard InChI is InChI=1S/C17H18N2OS2/c1-18-22-15-7-5-14(6-8-15)19-17(20)13-4-9-16-12(11-13)3-2-10-21-16/h4-9,11,18H,2-3,10H2,1H3,(H,19,20). The molecule has 0 saturated heterocycles. The molecule has 1 aliphatic rings. The van der Waals surface area contributed by atoms with Crippen LogP contribution in [0.3, 0.4) is 0 Å². The van der Waals surface area contributed by atoms with Gasteiger partial charge < -0.3 is 5.32 Å². The lowest BCUT2D eigenvalue weighted by Gasteiger charge is -2.16. The molecule has 0 spiro atoms. The minimum Gasteiger partial charge on any atom is -0.322 e. The number of carbonyl (C=O) groups excluding carboxylic acids is 1. The second-order valence-electron chi connectivity index (χ2n) is 5.06. The average molecular weight is 330 g/mol. The zero-order valence-corrected chi connectivity index (χ0v) is 14.0. The molecule has 1 amide bonds. The van der Waals surface area contributed by atoms with Crippen molar-refractivity contribution in [2.24, 2.45) is 0 Å². The first-order valence-corrected chi connectivity index (χ1v) is 9.07. The maximum absolute atomic E-state index is 12.4. The first-order valence-electron chi connectivity index (χ1n) is 7.27. The van der Waals surface area contributed by atoms with Gasteiger partial charge in [-0.05, 0) is 85.6 Å². The van der Waals surface area contributed by atoms with Gasteiger partial charge in [0.15, 0.2) is 0 Å². The number of nitrogens with one attached hydrogen (secondary N) is 2. The first kappa shape index (κ1) is 15.5. The van der Waals surface area contributed by atoms with Crippen molar-refractivity contribution < 1.29 is 4.79 Å². The Hall–Kier alpha value is -1.43. The molecule has 22 heavy (non-hydrogen) atoms. The normalized spacial score (nSPS) is 13.5. The minimum atomic E-state index is -0.0487. The Morgan fingerprint density at radius 1 is 1.18 bits per heavy atom. The van der Waals surface area contributed by atoms with Crippen LogP contribution in [-0.4, -0.2) is 18.7 Å². The summed E-state index contributed by atoms with van der Waals surface area (Å²) in [7, 11) is 1.88. The fourth-order valence-electron chi connectivity index (χ4n) is 2.43. The number of benzene rings is 2. The van der Waals surface area contributed by atoms with Crippen molar-refractivity contribution in [3.8, 4) is 0 Å². The third-order valence-corrected chi connectivity index (χ3v) is 5.42. The maximum Gasteiger partial charge on any atom is 0.255 e. The van der Waals surface area contributed by atoms with Gasteiger partial charge in [-0.2, -0.15) is 0 Å². The molecule has 3 nitrogen and oxygen atoms in total. The number of thioether (sulfide) groups is 1. The quantitative estimate of drug-likeness (QED) is 0.824. The van der Waals surface area contributed by atoms with Crippen LogP contribution in [0.25, 0.3) is 0 Å². The van der Waals surface area contributed by atoms with Crippen LogP contribution >= 0.6 is 23.7 Å². The van der Waals surface area contributed by atoms with Gasteiger partial charge in [0.05, 0.1) is 0 Å². The van der Waals surface area contributed by atoms with Crippen molar-refractivity contribution in [2.45, 2.75) is 22.6 Å². The summed E-state index contributed by atoms with van der Waals surface area (Å²) in [5.74, 6) is 1.13. The van der Waals surface area contributed by atoms with E-state index in [2.05, 4.69) is 16.1 Å². The molecule has 3 rings (SSSR count). The molecule has 0 aromatic heterocycles. The van der Waals surface area contributed by atoms with Crippen LogP contribution in [0.2, 0.25) is 0 Å². The van der Waals surface area contributed by atoms with Crippen LogP contribution in [-0.2, 0) is 6.42 Å². The highest BCUT2D eigenvalue weighted by molar-refractivity contribution is 7.99. The van der Waals surface area contributed by atoms with Gasteiger partial charge in [0, 0.05) is 21.0 Å². The van der Waals surface area contributed by atoms with Crippen LogP contribution in [0.5, 0.6) is 0 Å². The fraction of sp³-hybridized carbons (Fsp3) is 0.235. The number of amides is 1. The van der Waals surface area contributed by atoms with E-state index >= 15 is 0 Å². The summed E-state index contributed by atoms with van der Waals surface area (Å²) in [6.45, 7) is 0. The molecule has 1 aliphatic heterocycles. The molecular weight excluding hydrogens is 312 g/mol. The van der Waals surface area contributed by atoms with E-state index in [1.807, 2.05) is 55.2 Å². The molecule has 2 N–H and O–H groups in total. The molecule has 0 radical (unpaired) electrons. The smallest absolute Gasteiger partial charge is 0.255 e. The Labute approximate surface area is 139 Å². The summed E-state index contributed by atoms with van der Waals surface area (Å²) in [4.78, 5) is 14.8. The molecule has 0 atom stereocenters. The molecule has 2 aromatic carbocycles. The van der Waals surface area contributed by atoms with Gasteiger partial charge in [0.25, 0.3) is 5.91 Å². The molecule has 0 bridgehead atoms. The van der Waals surface area contributed by atoms with Crippen LogP contribution in [0.15, 0.2) is 52.3 Å². The highest BCUT2D eigenvalue weighted by Gasteiger charge is 2.13. The lowest BCUT2D eigenvalue weighted by atomic mass is 10.1. The van der Waals surface area contributed by atoms with E-state index in [1.165, 1.54) is 22.6 Å².